The Morgan fingerprint density at radius 2 is 1.63 bits per heavy atom. The Kier molecular flexibility index (Phi) is 5.74. The molecule has 0 saturated carbocycles. The zero-order valence-corrected chi connectivity index (χ0v) is 23.5. The molecule has 6 aromatic rings. The third-order valence-electron chi connectivity index (χ3n) is 8.57. The van der Waals surface area contributed by atoms with Crippen molar-refractivity contribution in [3.8, 4) is 11.5 Å². The van der Waals surface area contributed by atoms with Crippen molar-refractivity contribution in [1.82, 2.24) is 14.3 Å². The molecule has 1 amide bonds. The molecule has 0 atom stereocenters. The first kappa shape index (κ1) is 25.1. The number of anilines is 1. The van der Waals surface area contributed by atoms with Crippen LogP contribution in [0, 0.1) is 13.8 Å². The summed E-state index contributed by atoms with van der Waals surface area (Å²) >= 11 is 0. The molecule has 1 aliphatic rings. The van der Waals surface area contributed by atoms with Gasteiger partial charge in [0.25, 0.3) is 11.5 Å². The molecule has 8 nitrogen and oxygen atoms in total. The Bertz CT molecular complexity index is 2060. The second-order valence-corrected chi connectivity index (χ2v) is 10.6. The topological polar surface area (TPSA) is 76.4 Å². The zero-order chi connectivity index (χ0) is 28.4. The van der Waals surface area contributed by atoms with E-state index in [1.54, 1.807) is 17.6 Å². The van der Waals surface area contributed by atoms with Crippen LogP contribution in [-0.2, 0) is 0 Å². The molecule has 0 aliphatic carbocycles. The summed E-state index contributed by atoms with van der Waals surface area (Å²) in [5.41, 5.74) is 5.97. The minimum Gasteiger partial charge on any atom is -0.493 e. The highest BCUT2D eigenvalue weighted by atomic mass is 16.5. The van der Waals surface area contributed by atoms with Gasteiger partial charge in [0.2, 0.25) is 0 Å². The van der Waals surface area contributed by atoms with Crippen LogP contribution >= 0.6 is 0 Å². The van der Waals surface area contributed by atoms with E-state index in [0.717, 1.165) is 29.4 Å². The molecule has 41 heavy (non-hydrogen) atoms. The maximum atomic E-state index is 14.0. The smallest absolute Gasteiger partial charge is 0.272 e. The Labute approximate surface area is 236 Å². The largest absolute Gasteiger partial charge is 0.493 e. The molecule has 0 spiro atoms. The quantitative estimate of drug-likeness (QED) is 0.284. The maximum absolute atomic E-state index is 14.0. The van der Waals surface area contributed by atoms with Crippen molar-refractivity contribution in [2.45, 2.75) is 13.8 Å². The van der Waals surface area contributed by atoms with Gasteiger partial charge in [0.15, 0.2) is 11.5 Å². The van der Waals surface area contributed by atoms with Gasteiger partial charge in [0, 0.05) is 48.0 Å². The average Bonchev–Trinajstić information content (AvgIpc) is 3.35. The highest BCUT2D eigenvalue weighted by Gasteiger charge is 2.27. The Hall–Kier alpha value is -4.85. The summed E-state index contributed by atoms with van der Waals surface area (Å²) in [7, 11) is 3.07. The molecular formula is C33H30N4O4. The number of aromatic nitrogens is 2. The number of rotatable bonds is 4. The predicted octanol–water partition coefficient (Wildman–Crippen LogP) is 5.19. The van der Waals surface area contributed by atoms with Crippen LogP contribution in [0.4, 0.5) is 5.69 Å². The van der Waals surface area contributed by atoms with Crippen LogP contribution < -0.4 is 19.9 Å². The van der Waals surface area contributed by atoms with Gasteiger partial charge in [-0.2, -0.15) is 0 Å². The third-order valence-corrected chi connectivity index (χ3v) is 8.57. The lowest BCUT2D eigenvalue weighted by atomic mass is 10.1. The Balaban J connectivity index is 1.38. The van der Waals surface area contributed by atoms with Crippen molar-refractivity contribution in [3.63, 3.8) is 0 Å². The number of methoxy groups -OCH3 is 2. The molecule has 0 radical (unpaired) electrons. The van der Waals surface area contributed by atoms with Gasteiger partial charge in [0.1, 0.15) is 5.69 Å². The average molecular weight is 547 g/mol. The molecular weight excluding hydrogens is 516 g/mol. The number of para-hydroxylation sites is 1. The highest BCUT2D eigenvalue weighted by molar-refractivity contribution is 6.21. The monoisotopic (exact) mass is 546 g/mol. The minimum atomic E-state index is -0.210. The number of pyridine rings is 2. The Morgan fingerprint density at radius 3 is 2.39 bits per heavy atom. The number of amides is 1. The van der Waals surface area contributed by atoms with Gasteiger partial charge in [-0.05, 0) is 55.3 Å². The summed E-state index contributed by atoms with van der Waals surface area (Å²) in [4.78, 5) is 37.1. The summed E-state index contributed by atoms with van der Waals surface area (Å²) in [6.45, 7) is 6.97. The number of nitrogens with zero attached hydrogens (tertiary/aromatic N) is 4. The van der Waals surface area contributed by atoms with Gasteiger partial charge in [0.05, 0.1) is 36.2 Å². The molecule has 1 aliphatic heterocycles. The predicted molar refractivity (Wildman–Crippen MR) is 162 cm³/mol. The van der Waals surface area contributed by atoms with Crippen molar-refractivity contribution in [3.05, 3.63) is 87.8 Å². The van der Waals surface area contributed by atoms with E-state index < -0.39 is 0 Å². The number of carbonyl (C=O) groups is 1. The highest BCUT2D eigenvalue weighted by Crippen LogP contribution is 2.39. The number of benzene rings is 3. The fourth-order valence-electron chi connectivity index (χ4n) is 6.33. The number of piperazine rings is 1. The summed E-state index contributed by atoms with van der Waals surface area (Å²) < 4.78 is 12.9. The molecule has 4 heterocycles. The number of carbonyl (C=O) groups excluding carboxylic acids is 1. The van der Waals surface area contributed by atoms with E-state index in [9.17, 15) is 9.59 Å². The van der Waals surface area contributed by atoms with E-state index in [-0.39, 0.29) is 11.5 Å². The summed E-state index contributed by atoms with van der Waals surface area (Å²) in [5, 5.41) is 2.73. The first-order chi connectivity index (χ1) is 19.9. The Morgan fingerprint density at radius 1 is 0.854 bits per heavy atom. The van der Waals surface area contributed by atoms with Crippen molar-refractivity contribution >= 4 is 49.7 Å². The fraction of sp³-hybridized carbons (Fsp3) is 0.242. The molecule has 1 saturated heterocycles. The van der Waals surface area contributed by atoms with Gasteiger partial charge in [-0.25, -0.2) is 4.98 Å². The standard InChI is InChI=1S/C33H30N4O4/c1-19-8-7-11-25(20(19)2)35-14-16-36(17-15-35)32(38)24-18-23-21-9-5-6-10-26(21)37-30(23)29(34-24)22-12-13-27(40-3)31(41-4)28(22)33(37)39/h5-13,18H,14-17H2,1-4H3. The molecule has 0 bridgehead atoms. The number of hydrogen-bond acceptors (Lipinski definition) is 6. The maximum Gasteiger partial charge on any atom is 0.272 e. The van der Waals surface area contributed by atoms with E-state index >= 15 is 0 Å². The van der Waals surface area contributed by atoms with E-state index in [0.29, 0.717) is 52.1 Å². The first-order valence-electron chi connectivity index (χ1n) is 13.8. The van der Waals surface area contributed by atoms with Crippen molar-refractivity contribution in [2.75, 3.05) is 45.3 Å². The van der Waals surface area contributed by atoms with Gasteiger partial charge in [-0.3, -0.25) is 14.0 Å². The molecule has 1 fully saturated rings. The number of ether oxygens (including phenoxy) is 2. The van der Waals surface area contributed by atoms with Crippen LogP contribution in [0.2, 0.25) is 0 Å². The lowest BCUT2D eigenvalue weighted by molar-refractivity contribution is 0.0741. The van der Waals surface area contributed by atoms with Crippen LogP contribution in [0.25, 0.3) is 38.1 Å². The van der Waals surface area contributed by atoms with E-state index in [1.165, 1.54) is 23.9 Å². The van der Waals surface area contributed by atoms with Gasteiger partial charge in [-0.15, -0.1) is 0 Å². The van der Waals surface area contributed by atoms with Crippen molar-refractivity contribution in [2.24, 2.45) is 0 Å². The summed E-state index contributed by atoms with van der Waals surface area (Å²) in [6.07, 6.45) is 0. The van der Waals surface area contributed by atoms with Crippen LogP contribution in [0.1, 0.15) is 21.6 Å². The minimum absolute atomic E-state index is 0.112. The molecule has 3 aromatic carbocycles. The molecule has 0 unspecified atom stereocenters. The van der Waals surface area contributed by atoms with Crippen LogP contribution in [0.5, 0.6) is 11.5 Å². The lowest BCUT2D eigenvalue weighted by Gasteiger charge is -2.37. The molecule has 7 rings (SSSR count). The third kappa shape index (κ3) is 3.63. The van der Waals surface area contributed by atoms with E-state index in [4.69, 9.17) is 14.5 Å². The van der Waals surface area contributed by atoms with Crippen LogP contribution in [-0.4, -0.2) is 60.6 Å². The number of aryl methyl sites for hydroxylation is 1. The summed E-state index contributed by atoms with van der Waals surface area (Å²) in [6, 6.07) is 19.6. The molecule has 0 N–H and O–H groups in total. The molecule has 206 valence electrons. The van der Waals surface area contributed by atoms with Gasteiger partial charge in [-0.1, -0.05) is 30.3 Å². The number of fused-ring (bicyclic) bond motifs is 5. The van der Waals surface area contributed by atoms with E-state index in [2.05, 4.69) is 36.9 Å². The van der Waals surface area contributed by atoms with Gasteiger partial charge >= 0.3 is 0 Å². The van der Waals surface area contributed by atoms with Crippen molar-refractivity contribution in [1.29, 1.82) is 0 Å². The molecule has 3 aromatic heterocycles. The zero-order valence-electron chi connectivity index (χ0n) is 23.5. The number of hydrogen-bond donors (Lipinski definition) is 0. The normalized spacial score (nSPS) is 14.0. The van der Waals surface area contributed by atoms with Crippen LogP contribution in [0.15, 0.2) is 65.5 Å². The second-order valence-electron chi connectivity index (χ2n) is 10.6. The van der Waals surface area contributed by atoms with E-state index in [1.807, 2.05) is 41.3 Å². The van der Waals surface area contributed by atoms with Crippen molar-refractivity contribution < 1.29 is 14.3 Å². The molecule has 8 heteroatoms. The lowest BCUT2D eigenvalue weighted by Crippen LogP contribution is -2.49. The SMILES string of the molecule is COc1ccc2c(c1OC)c(=O)n1c3ccccc3c3cc(C(=O)N4CCN(c5cccc(C)c5C)CC4)nc2c31. The van der Waals surface area contributed by atoms with Crippen LogP contribution in [0.3, 0.4) is 0 Å². The fourth-order valence-corrected chi connectivity index (χ4v) is 6.33. The first-order valence-corrected chi connectivity index (χ1v) is 13.8. The summed E-state index contributed by atoms with van der Waals surface area (Å²) in [5.74, 6) is 0.705. The van der Waals surface area contributed by atoms with Gasteiger partial charge < -0.3 is 19.3 Å². The second kappa shape index (κ2) is 9.37.